The van der Waals surface area contributed by atoms with E-state index in [0.29, 0.717) is 0 Å². The van der Waals surface area contributed by atoms with Gasteiger partial charge in [0, 0.05) is 48.1 Å². The first kappa shape index (κ1) is 20.5. The molecule has 1 aliphatic rings. The number of aromatic nitrogens is 1. The molecule has 1 aromatic carbocycles. The van der Waals surface area contributed by atoms with Crippen molar-refractivity contribution in [1.82, 2.24) is 9.47 Å². The highest BCUT2D eigenvalue weighted by molar-refractivity contribution is 7.09. The summed E-state index contributed by atoms with van der Waals surface area (Å²) in [5, 5.41) is 2.10. The molecular weight excluding hydrogens is 394 g/mol. The van der Waals surface area contributed by atoms with Gasteiger partial charge in [-0.2, -0.15) is 0 Å². The molecule has 0 bridgehead atoms. The Hall–Kier alpha value is -2.73. The Bertz CT molecular complexity index is 992. The molecule has 0 saturated carbocycles. The molecule has 2 aromatic heterocycles. The van der Waals surface area contributed by atoms with Crippen LogP contribution in [0.1, 0.15) is 33.0 Å². The number of thiophene rings is 1. The van der Waals surface area contributed by atoms with Crippen LogP contribution in [-0.2, 0) is 6.54 Å². The first-order valence-corrected chi connectivity index (χ1v) is 11.3. The van der Waals surface area contributed by atoms with Gasteiger partial charge in [-0.3, -0.25) is 4.79 Å². The van der Waals surface area contributed by atoms with Gasteiger partial charge < -0.3 is 19.1 Å². The van der Waals surface area contributed by atoms with Crippen LogP contribution in [0, 0.1) is 13.8 Å². The molecule has 4 rings (SSSR count). The molecule has 5 nitrogen and oxygen atoms in total. The summed E-state index contributed by atoms with van der Waals surface area (Å²) < 4.78 is 7.51. The van der Waals surface area contributed by atoms with E-state index < -0.39 is 0 Å². The normalized spacial score (nSPS) is 14.6. The predicted octanol–water partition coefficient (Wildman–Crippen LogP) is 4.58. The third kappa shape index (κ3) is 4.24. The first-order chi connectivity index (χ1) is 14.6. The van der Waals surface area contributed by atoms with E-state index in [1.807, 2.05) is 17.0 Å². The molecule has 1 amide bonds. The van der Waals surface area contributed by atoms with Crippen LogP contribution in [0.4, 0.5) is 5.69 Å². The number of amides is 1. The second-order valence-electron chi connectivity index (χ2n) is 7.78. The van der Waals surface area contributed by atoms with E-state index in [9.17, 15) is 4.79 Å². The van der Waals surface area contributed by atoms with Crippen molar-refractivity contribution >= 4 is 22.9 Å². The van der Waals surface area contributed by atoms with Crippen molar-refractivity contribution in [3.8, 4) is 5.75 Å². The lowest BCUT2D eigenvalue weighted by atomic mass is 10.2. The average Bonchev–Trinajstić information content (AvgIpc) is 3.29. The van der Waals surface area contributed by atoms with Gasteiger partial charge in [0.25, 0.3) is 5.91 Å². The average molecular weight is 424 g/mol. The molecule has 0 N–H and O–H groups in total. The molecule has 0 atom stereocenters. The summed E-state index contributed by atoms with van der Waals surface area (Å²) in [6.45, 7) is 8.30. The molecule has 6 heteroatoms. The number of anilines is 1. The second-order valence-corrected chi connectivity index (χ2v) is 8.81. The Labute approximate surface area is 182 Å². The number of benzene rings is 1. The van der Waals surface area contributed by atoms with Crippen LogP contribution in [0.25, 0.3) is 0 Å². The molecule has 0 aliphatic carbocycles. The van der Waals surface area contributed by atoms with Crippen molar-refractivity contribution in [3.05, 3.63) is 69.7 Å². The molecule has 3 heterocycles. The van der Waals surface area contributed by atoms with Gasteiger partial charge in [-0.05, 0) is 62.0 Å². The van der Waals surface area contributed by atoms with Gasteiger partial charge in [0.05, 0.1) is 19.2 Å². The fraction of sp³-hybridized carbons (Fsp3) is 0.375. The Morgan fingerprint density at radius 3 is 2.57 bits per heavy atom. The highest BCUT2D eigenvalue weighted by atomic mass is 32.1. The quantitative estimate of drug-likeness (QED) is 0.603. The highest BCUT2D eigenvalue weighted by Gasteiger charge is 2.24. The number of hydrogen-bond donors (Lipinski definition) is 0. The van der Waals surface area contributed by atoms with Crippen molar-refractivity contribution in [1.29, 1.82) is 0 Å². The van der Waals surface area contributed by atoms with E-state index in [1.165, 1.54) is 10.6 Å². The van der Waals surface area contributed by atoms with E-state index in [4.69, 9.17) is 4.74 Å². The number of carbonyl (C=O) groups excluding carboxylic acids is 1. The Morgan fingerprint density at radius 1 is 1.07 bits per heavy atom. The number of rotatable bonds is 5. The number of hydrogen-bond acceptors (Lipinski definition) is 4. The maximum Gasteiger partial charge on any atom is 0.255 e. The van der Waals surface area contributed by atoms with Gasteiger partial charge in [0.15, 0.2) is 0 Å². The largest absolute Gasteiger partial charge is 0.497 e. The fourth-order valence-corrected chi connectivity index (χ4v) is 4.85. The van der Waals surface area contributed by atoms with Gasteiger partial charge in [-0.15, -0.1) is 11.3 Å². The van der Waals surface area contributed by atoms with Gasteiger partial charge in [0.2, 0.25) is 0 Å². The Balaban J connectivity index is 1.46. The van der Waals surface area contributed by atoms with Gasteiger partial charge in [0.1, 0.15) is 5.75 Å². The number of carbonyl (C=O) groups is 1. The van der Waals surface area contributed by atoms with Gasteiger partial charge in [-0.25, -0.2) is 0 Å². The molecule has 158 valence electrons. The lowest BCUT2D eigenvalue weighted by Gasteiger charge is -2.24. The smallest absolute Gasteiger partial charge is 0.255 e. The Kier molecular flexibility index (Phi) is 6.13. The standard InChI is InChI=1S/C24H29N3O2S/c1-18-16-23(19(2)27(18)17-22-6-4-15-30-22)24(28)26-12-5-11-25(13-14-26)20-7-9-21(29-3)10-8-20/h4,6-10,15-16H,5,11-14,17H2,1-3H3. The fourth-order valence-electron chi connectivity index (χ4n) is 4.16. The van der Waals surface area contributed by atoms with Crippen molar-refractivity contribution in [2.75, 3.05) is 38.2 Å². The van der Waals surface area contributed by atoms with E-state index in [-0.39, 0.29) is 5.91 Å². The second kappa shape index (κ2) is 8.96. The number of ether oxygens (including phenoxy) is 1. The molecule has 30 heavy (non-hydrogen) atoms. The molecular formula is C24H29N3O2S. The van der Waals surface area contributed by atoms with Crippen molar-refractivity contribution in [3.63, 3.8) is 0 Å². The van der Waals surface area contributed by atoms with Crippen LogP contribution in [0.3, 0.4) is 0 Å². The summed E-state index contributed by atoms with van der Waals surface area (Å²) in [5.74, 6) is 1.01. The maximum absolute atomic E-state index is 13.3. The monoisotopic (exact) mass is 423 g/mol. The maximum atomic E-state index is 13.3. The summed E-state index contributed by atoms with van der Waals surface area (Å²) in [5.41, 5.74) is 4.21. The minimum Gasteiger partial charge on any atom is -0.497 e. The highest BCUT2D eigenvalue weighted by Crippen LogP contribution is 2.23. The minimum absolute atomic E-state index is 0.150. The SMILES string of the molecule is COc1ccc(N2CCCN(C(=O)c3cc(C)n(Cc4cccs4)c3C)CC2)cc1. The van der Waals surface area contributed by atoms with Gasteiger partial charge >= 0.3 is 0 Å². The third-order valence-electron chi connectivity index (χ3n) is 5.92. The molecule has 1 fully saturated rings. The van der Waals surface area contributed by atoms with E-state index in [0.717, 1.165) is 61.8 Å². The number of nitrogens with zero attached hydrogens (tertiary/aromatic N) is 3. The van der Waals surface area contributed by atoms with E-state index >= 15 is 0 Å². The summed E-state index contributed by atoms with van der Waals surface area (Å²) in [7, 11) is 1.68. The third-order valence-corrected chi connectivity index (χ3v) is 6.78. The lowest BCUT2D eigenvalue weighted by Crippen LogP contribution is -2.35. The van der Waals surface area contributed by atoms with Crippen LogP contribution in [-0.4, -0.2) is 48.7 Å². The predicted molar refractivity (Wildman–Crippen MR) is 123 cm³/mol. The van der Waals surface area contributed by atoms with Crippen molar-refractivity contribution in [2.45, 2.75) is 26.8 Å². The number of aryl methyl sites for hydroxylation is 1. The zero-order valence-corrected chi connectivity index (χ0v) is 18.7. The lowest BCUT2D eigenvalue weighted by molar-refractivity contribution is 0.0766. The summed E-state index contributed by atoms with van der Waals surface area (Å²) >= 11 is 1.75. The summed E-state index contributed by atoms with van der Waals surface area (Å²) in [6.07, 6.45) is 0.964. The van der Waals surface area contributed by atoms with Crippen LogP contribution < -0.4 is 9.64 Å². The molecule has 1 saturated heterocycles. The summed E-state index contributed by atoms with van der Waals surface area (Å²) in [4.78, 5) is 19.0. The van der Waals surface area contributed by atoms with Crippen LogP contribution in [0.5, 0.6) is 5.75 Å². The molecule has 3 aromatic rings. The zero-order chi connectivity index (χ0) is 21.1. The van der Waals surface area contributed by atoms with Crippen molar-refractivity contribution < 1.29 is 9.53 Å². The Morgan fingerprint density at radius 2 is 1.87 bits per heavy atom. The van der Waals surface area contributed by atoms with Crippen molar-refractivity contribution in [2.24, 2.45) is 0 Å². The zero-order valence-electron chi connectivity index (χ0n) is 17.9. The van der Waals surface area contributed by atoms with E-state index in [1.54, 1.807) is 18.4 Å². The topological polar surface area (TPSA) is 37.7 Å². The van der Waals surface area contributed by atoms with Crippen LogP contribution in [0.15, 0.2) is 47.8 Å². The molecule has 0 radical (unpaired) electrons. The minimum atomic E-state index is 0.150. The molecule has 0 spiro atoms. The van der Waals surface area contributed by atoms with Crippen LogP contribution in [0.2, 0.25) is 0 Å². The van der Waals surface area contributed by atoms with E-state index in [2.05, 4.69) is 59.0 Å². The van der Waals surface area contributed by atoms with Gasteiger partial charge in [-0.1, -0.05) is 6.07 Å². The number of methoxy groups -OCH3 is 1. The first-order valence-electron chi connectivity index (χ1n) is 10.4. The summed E-state index contributed by atoms with van der Waals surface area (Å²) in [6, 6.07) is 14.4. The molecule has 1 aliphatic heterocycles. The van der Waals surface area contributed by atoms with Crippen LogP contribution >= 0.6 is 11.3 Å². The molecule has 0 unspecified atom stereocenters.